The van der Waals surface area contributed by atoms with Gasteiger partial charge in [-0.05, 0) is 54.0 Å². The number of fused-ring (bicyclic) bond motifs is 1. The Bertz CT molecular complexity index is 1130. The van der Waals surface area contributed by atoms with E-state index in [2.05, 4.69) is 10.6 Å². The summed E-state index contributed by atoms with van der Waals surface area (Å²) in [5, 5.41) is 0.877. The SMILES string of the molecule is CS(=O)(=O)c1ccc2c(c1)cc(C1=CCOCC1)n2Cc1ccc(F)cc1. The van der Waals surface area contributed by atoms with Gasteiger partial charge >= 0.3 is 0 Å². The fourth-order valence-electron chi connectivity index (χ4n) is 3.45. The molecule has 0 saturated heterocycles. The Hall–Kier alpha value is -2.44. The lowest BCUT2D eigenvalue weighted by molar-refractivity contribution is 0.161. The van der Waals surface area contributed by atoms with Crippen LogP contribution in [0.2, 0.25) is 0 Å². The first-order valence-corrected chi connectivity index (χ1v) is 10.7. The van der Waals surface area contributed by atoms with Crippen LogP contribution < -0.4 is 0 Å². The van der Waals surface area contributed by atoms with Gasteiger partial charge in [-0.25, -0.2) is 12.8 Å². The molecule has 1 aliphatic heterocycles. The first-order valence-electron chi connectivity index (χ1n) is 8.77. The molecule has 0 atom stereocenters. The van der Waals surface area contributed by atoms with Crippen LogP contribution in [-0.2, 0) is 21.1 Å². The van der Waals surface area contributed by atoms with Crippen LogP contribution in [-0.4, -0.2) is 32.5 Å². The number of halogens is 1. The highest BCUT2D eigenvalue weighted by atomic mass is 32.2. The van der Waals surface area contributed by atoms with E-state index in [0.717, 1.165) is 28.6 Å². The van der Waals surface area contributed by atoms with E-state index in [0.29, 0.717) is 24.7 Å². The Morgan fingerprint density at radius 2 is 1.89 bits per heavy atom. The summed E-state index contributed by atoms with van der Waals surface area (Å²) in [6, 6.07) is 13.7. The third-order valence-electron chi connectivity index (χ3n) is 4.85. The first-order chi connectivity index (χ1) is 12.9. The molecule has 27 heavy (non-hydrogen) atoms. The zero-order chi connectivity index (χ0) is 19.0. The fraction of sp³-hybridized carbons (Fsp3) is 0.238. The fourth-order valence-corrected chi connectivity index (χ4v) is 4.10. The third-order valence-corrected chi connectivity index (χ3v) is 5.96. The third kappa shape index (κ3) is 3.68. The van der Waals surface area contributed by atoms with Gasteiger partial charge in [0.05, 0.1) is 18.1 Å². The standard InChI is InChI=1S/C21H20FNO3S/c1-27(24,25)19-6-7-20-17(12-19)13-21(16-8-10-26-11-9-16)23(20)14-15-2-4-18(22)5-3-15/h2-8,12-13H,9-11,14H2,1H3. The highest BCUT2D eigenvalue weighted by Gasteiger charge is 2.17. The van der Waals surface area contributed by atoms with Crippen LogP contribution in [0, 0.1) is 5.82 Å². The number of aromatic nitrogens is 1. The van der Waals surface area contributed by atoms with Crippen LogP contribution in [0.25, 0.3) is 16.5 Å². The molecule has 2 heterocycles. The summed E-state index contributed by atoms with van der Waals surface area (Å²) in [4.78, 5) is 0.307. The normalized spacial score (nSPS) is 15.1. The molecule has 6 heteroatoms. The molecule has 4 rings (SSSR count). The molecule has 0 radical (unpaired) electrons. The van der Waals surface area contributed by atoms with E-state index in [1.54, 1.807) is 24.3 Å². The Balaban J connectivity index is 1.87. The van der Waals surface area contributed by atoms with Crippen molar-refractivity contribution in [3.8, 4) is 0 Å². The Labute approximate surface area is 157 Å². The highest BCUT2D eigenvalue weighted by Crippen LogP contribution is 2.31. The molecule has 0 bridgehead atoms. The smallest absolute Gasteiger partial charge is 0.175 e. The van der Waals surface area contributed by atoms with Gasteiger partial charge in [0.2, 0.25) is 0 Å². The van der Waals surface area contributed by atoms with Crippen LogP contribution in [0.3, 0.4) is 0 Å². The zero-order valence-corrected chi connectivity index (χ0v) is 15.8. The van der Waals surface area contributed by atoms with Crippen molar-refractivity contribution in [3.63, 3.8) is 0 Å². The molecule has 0 amide bonds. The largest absolute Gasteiger partial charge is 0.377 e. The van der Waals surface area contributed by atoms with Gasteiger partial charge in [0.25, 0.3) is 0 Å². The minimum absolute atomic E-state index is 0.263. The molecule has 0 unspecified atom stereocenters. The molecule has 3 aromatic rings. The van der Waals surface area contributed by atoms with Gasteiger partial charge in [-0.3, -0.25) is 0 Å². The zero-order valence-electron chi connectivity index (χ0n) is 15.0. The van der Waals surface area contributed by atoms with Crippen molar-refractivity contribution >= 4 is 26.3 Å². The van der Waals surface area contributed by atoms with E-state index >= 15 is 0 Å². The number of hydrogen-bond acceptors (Lipinski definition) is 3. The predicted octanol–water partition coefficient (Wildman–Crippen LogP) is 4.04. The van der Waals surface area contributed by atoms with E-state index in [1.807, 2.05) is 12.1 Å². The topological polar surface area (TPSA) is 48.3 Å². The predicted molar refractivity (Wildman–Crippen MR) is 104 cm³/mol. The van der Waals surface area contributed by atoms with Crippen molar-refractivity contribution in [2.45, 2.75) is 17.9 Å². The lowest BCUT2D eigenvalue weighted by atomic mass is 10.1. The lowest BCUT2D eigenvalue weighted by Crippen LogP contribution is -2.09. The summed E-state index contributed by atoms with van der Waals surface area (Å²) >= 11 is 0. The molecule has 0 aliphatic carbocycles. The Morgan fingerprint density at radius 1 is 1.11 bits per heavy atom. The van der Waals surface area contributed by atoms with Gasteiger partial charge in [0, 0.05) is 29.4 Å². The van der Waals surface area contributed by atoms with Crippen molar-refractivity contribution < 1.29 is 17.5 Å². The average Bonchev–Trinajstić information content (AvgIpc) is 3.01. The minimum Gasteiger partial charge on any atom is -0.377 e. The molecule has 4 nitrogen and oxygen atoms in total. The van der Waals surface area contributed by atoms with Gasteiger partial charge in [0.1, 0.15) is 5.82 Å². The van der Waals surface area contributed by atoms with Crippen molar-refractivity contribution in [1.29, 1.82) is 0 Å². The molecule has 0 fully saturated rings. The molecule has 2 aromatic carbocycles. The van der Waals surface area contributed by atoms with E-state index in [-0.39, 0.29) is 5.82 Å². The number of ether oxygens (including phenoxy) is 1. The average molecular weight is 385 g/mol. The van der Waals surface area contributed by atoms with Crippen molar-refractivity contribution in [2.24, 2.45) is 0 Å². The summed E-state index contributed by atoms with van der Waals surface area (Å²) in [6.45, 7) is 1.82. The molecule has 140 valence electrons. The van der Waals surface area contributed by atoms with Crippen LogP contribution in [0.5, 0.6) is 0 Å². The monoisotopic (exact) mass is 385 g/mol. The number of sulfone groups is 1. The van der Waals surface area contributed by atoms with Gasteiger partial charge in [-0.15, -0.1) is 0 Å². The molecule has 1 aromatic heterocycles. The van der Waals surface area contributed by atoms with Crippen LogP contribution >= 0.6 is 0 Å². The molecule has 0 N–H and O–H groups in total. The van der Waals surface area contributed by atoms with Gasteiger partial charge < -0.3 is 9.30 Å². The number of rotatable bonds is 4. The van der Waals surface area contributed by atoms with Gasteiger partial charge in [0.15, 0.2) is 9.84 Å². The summed E-state index contributed by atoms with van der Waals surface area (Å²) in [5.41, 5.74) is 4.16. The maximum absolute atomic E-state index is 13.3. The maximum atomic E-state index is 13.3. The van der Waals surface area contributed by atoms with E-state index in [4.69, 9.17) is 4.74 Å². The van der Waals surface area contributed by atoms with Crippen molar-refractivity contribution in [3.05, 3.63) is 71.7 Å². The molecular weight excluding hydrogens is 365 g/mol. The summed E-state index contributed by atoms with van der Waals surface area (Å²) in [7, 11) is -3.27. The van der Waals surface area contributed by atoms with Crippen molar-refractivity contribution in [2.75, 3.05) is 19.5 Å². The Morgan fingerprint density at radius 3 is 2.56 bits per heavy atom. The van der Waals surface area contributed by atoms with Crippen molar-refractivity contribution in [1.82, 2.24) is 4.57 Å². The summed E-state index contributed by atoms with van der Waals surface area (Å²) in [5.74, 6) is -0.263. The van der Waals surface area contributed by atoms with Gasteiger partial charge in [-0.2, -0.15) is 0 Å². The quantitative estimate of drug-likeness (QED) is 0.681. The van der Waals surface area contributed by atoms with E-state index in [9.17, 15) is 12.8 Å². The molecular formula is C21H20FNO3S. The van der Waals surface area contributed by atoms with Crippen LogP contribution in [0.15, 0.2) is 59.5 Å². The maximum Gasteiger partial charge on any atom is 0.175 e. The van der Waals surface area contributed by atoms with Crippen LogP contribution in [0.1, 0.15) is 17.7 Å². The first kappa shape index (κ1) is 17.9. The Kier molecular flexibility index (Phi) is 4.61. The number of nitrogens with zero attached hydrogens (tertiary/aromatic N) is 1. The highest BCUT2D eigenvalue weighted by molar-refractivity contribution is 7.90. The second-order valence-corrected chi connectivity index (χ2v) is 8.80. The second-order valence-electron chi connectivity index (χ2n) is 6.79. The lowest BCUT2D eigenvalue weighted by Gasteiger charge is -2.17. The van der Waals surface area contributed by atoms with E-state index in [1.165, 1.54) is 24.0 Å². The molecule has 0 saturated carbocycles. The summed E-state index contributed by atoms with van der Waals surface area (Å²) in [6.07, 6.45) is 4.08. The molecule has 1 aliphatic rings. The van der Waals surface area contributed by atoms with Gasteiger partial charge in [-0.1, -0.05) is 18.2 Å². The van der Waals surface area contributed by atoms with Crippen LogP contribution in [0.4, 0.5) is 4.39 Å². The van der Waals surface area contributed by atoms with E-state index < -0.39 is 9.84 Å². The number of benzene rings is 2. The number of hydrogen-bond donors (Lipinski definition) is 0. The summed E-state index contributed by atoms with van der Waals surface area (Å²) < 4.78 is 44.7. The molecule has 0 spiro atoms. The second kappa shape index (κ2) is 6.94. The minimum atomic E-state index is -3.27.